The Kier molecular flexibility index (Phi) is 3.06. The van der Waals surface area contributed by atoms with Crippen molar-refractivity contribution < 1.29 is 4.74 Å². The Morgan fingerprint density at radius 2 is 2.22 bits per heavy atom. The molecule has 0 saturated heterocycles. The first kappa shape index (κ1) is 11.7. The molecule has 0 amide bonds. The largest absolute Gasteiger partial charge is 0.380 e. The molecule has 0 aliphatic heterocycles. The molecule has 1 heterocycles. The van der Waals surface area contributed by atoms with Crippen molar-refractivity contribution >= 4 is 11.0 Å². The molecule has 18 heavy (non-hydrogen) atoms. The molecule has 96 valence electrons. The predicted molar refractivity (Wildman–Crippen MR) is 71.6 cm³/mol. The molecule has 1 aliphatic carbocycles. The molecule has 1 unspecified atom stereocenters. The number of hydrogen-bond donors (Lipinski definition) is 1. The van der Waals surface area contributed by atoms with E-state index in [9.17, 15) is 0 Å². The topological polar surface area (TPSA) is 53.1 Å². The van der Waals surface area contributed by atoms with Gasteiger partial charge in [-0.15, -0.1) is 0 Å². The van der Waals surface area contributed by atoms with Gasteiger partial charge in [0, 0.05) is 26.1 Å². The number of nitrogens with zero attached hydrogens (tertiary/aromatic N) is 2. The first-order chi connectivity index (χ1) is 8.83. The van der Waals surface area contributed by atoms with E-state index in [1.165, 1.54) is 18.4 Å². The minimum absolute atomic E-state index is 0.0549. The normalized spacial score (nSPS) is 17.2. The SMILES string of the molecule is COC(CN)Cc1nc2ccccc2n1C1CC1. The highest BCUT2D eigenvalue weighted by molar-refractivity contribution is 5.76. The fraction of sp³-hybridized carbons (Fsp3) is 0.500. The monoisotopic (exact) mass is 245 g/mol. The quantitative estimate of drug-likeness (QED) is 0.875. The third-order valence-corrected chi connectivity index (χ3v) is 3.59. The minimum Gasteiger partial charge on any atom is -0.380 e. The number of fused-ring (bicyclic) bond motifs is 1. The summed E-state index contributed by atoms with van der Waals surface area (Å²) in [4.78, 5) is 4.74. The zero-order chi connectivity index (χ0) is 12.5. The van der Waals surface area contributed by atoms with Crippen LogP contribution >= 0.6 is 0 Å². The Labute approximate surface area is 107 Å². The summed E-state index contributed by atoms with van der Waals surface area (Å²) in [5.74, 6) is 1.11. The Hall–Kier alpha value is -1.39. The van der Waals surface area contributed by atoms with E-state index in [2.05, 4.69) is 22.8 Å². The predicted octanol–water partition coefficient (Wildman–Crippen LogP) is 1.89. The Morgan fingerprint density at radius 3 is 2.89 bits per heavy atom. The van der Waals surface area contributed by atoms with Crippen LogP contribution in [0.5, 0.6) is 0 Å². The van der Waals surface area contributed by atoms with Crippen molar-refractivity contribution in [3.05, 3.63) is 30.1 Å². The Bertz CT molecular complexity index is 541. The molecule has 4 nitrogen and oxygen atoms in total. The lowest BCUT2D eigenvalue weighted by Gasteiger charge is -2.14. The molecule has 1 aromatic heterocycles. The van der Waals surface area contributed by atoms with Crippen LogP contribution in [0.3, 0.4) is 0 Å². The second kappa shape index (κ2) is 4.71. The number of rotatable bonds is 5. The number of nitrogens with two attached hydrogens (primary N) is 1. The highest BCUT2D eigenvalue weighted by Gasteiger charge is 2.28. The summed E-state index contributed by atoms with van der Waals surface area (Å²) in [7, 11) is 1.71. The molecule has 1 saturated carbocycles. The molecule has 1 fully saturated rings. The summed E-state index contributed by atoms with van der Waals surface area (Å²) in [5, 5.41) is 0. The van der Waals surface area contributed by atoms with Crippen LogP contribution in [0.2, 0.25) is 0 Å². The maximum atomic E-state index is 5.71. The lowest BCUT2D eigenvalue weighted by Crippen LogP contribution is -2.26. The molecule has 0 bridgehead atoms. The molecule has 3 rings (SSSR count). The van der Waals surface area contributed by atoms with Gasteiger partial charge in [0.05, 0.1) is 17.1 Å². The average Bonchev–Trinajstić information content (AvgIpc) is 3.17. The molecule has 1 aliphatic rings. The van der Waals surface area contributed by atoms with Crippen molar-refractivity contribution in [2.24, 2.45) is 5.73 Å². The van der Waals surface area contributed by atoms with Gasteiger partial charge in [0.2, 0.25) is 0 Å². The van der Waals surface area contributed by atoms with Crippen LogP contribution in [0, 0.1) is 0 Å². The number of hydrogen-bond acceptors (Lipinski definition) is 3. The molecule has 4 heteroatoms. The molecule has 2 N–H and O–H groups in total. The van der Waals surface area contributed by atoms with Crippen LogP contribution in [0.1, 0.15) is 24.7 Å². The third-order valence-electron chi connectivity index (χ3n) is 3.59. The summed E-state index contributed by atoms with van der Waals surface area (Å²) in [6, 6.07) is 8.95. The van der Waals surface area contributed by atoms with E-state index in [0.29, 0.717) is 12.6 Å². The minimum atomic E-state index is 0.0549. The number of ether oxygens (including phenoxy) is 1. The van der Waals surface area contributed by atoms with Gasteiger partial charge in [0.25, 0.3) is 0 Å². The van der Waals surface area contributed by atoms with Gasteiger partial charge in [-0.05, 0) is 25.0 Å². The van der Waals surface area contributed by atoms with Gasteiger partial charge >= 0.3 is 0 Å². The zero-order valence-corrected chi connectivity index (χ0v) is 10.7. The molecule has 0 spiro atoms. The van der Waals surface area contributed by atoms with Crippen molar-refractivity contribution in [1.82, 2.24) is 9.55 Å². The number of aromatic nitrogens is 2. The Balaban J connectivity index is 2.01. The van der Waals surface area contributed by atoms with Crippen molar-refractivity contribution in [3.63, 3.8) is 0 Å². The van der Waals surface area contributed by atoms with Gasteiger partial charge in [-0.1, -0.05) is 12.1 Å². The molecule has 0 radical (unpaired) electrons. The van der Waals surface area contributed by atoms with E-state index in [-0.39, 0.29) is 6.10 Å². The van der Waals surface area contributed by atoms with Gasteiger partial charge < -0.3 is 15.0 Å². The van der Waals surface area contributed by atoms with E-state index in [1.807, 2.05) is 6.07 Å². The van der Waals surface area contributed by atoms with E-state index in [1.54, 1.807) is 7.11 Å². The van der Waals surface area contributed by atoms with Crippen LogP contribution in [0.4, 0.5) is 0 Å². The summed E-state index contributed by atoms with van der Waals surface area (Å²) in [6.07, 6.45) is 3.36. The summed E-state index contributed by atoms with van der Waals surface area (Å²) < 4.78 is 7.75. The zero-order valence-electron chi connectivity index (χ0n) is 10.7. The van der Waals surface area contributed by atoms with Crippen molar-refractivity contribution in [3.8, 4) is 0 Å². The van der Waals surface area contributed by atoms with Crippen LogP contribution < -0.4 is 5.73 Å². The molecule has 2 aromatic rings. The fourth-order valence-corrected chi connectivity index (χ4v) is 2.45. The Morgan fingerprint density at radius 1 is 1.44 bits per heavy atom. The standard InChI is InChI=1S/C14H19N3O/c1-18-11(9-15)8-14-16-12-4-2-3-5-13(12)17(14)10-6-7-10/h2-5,10-11H,6-9,15H2,1H3. The number of para-hydroxylation sites is 2. The average molecular weight is 245 g/mol. The van der Waals surface area contributed by atoms with E-state index in [4.69, 9.17) is 15.5 Å². The molecule has 1 atom stereocenters. The second-order valence-electron chi connectivity index (χ2n) is 4.92. The van der Waals surface area contributed by atoms with Gasteiger partial charge in [-0.25, -0.2) is 4.98 Å². The van der Waals surface area contributed by atoms with Crippen LogP contribution in [-0.2, 0) is 11.2 Å². The molecular weight excluding hydrogens is 226 g/mol. The highest BCUT2D eigenvalue weighted by Crippen LogP contribution is 2.38. The maximum Gasteiger partial charge on any atom is 0.112 e. The summed E-state index contributed by atoms with van der Waals surface area (Å²) >= 11 is 0. The van der Waals surface area contributed by atoms with Crippen LogP contribution in [0.15, 0.2) is 24.3 Å². The van der Waals surface area contributed by atoms with Crippen molar-refractivity contribution in [2.45, 2.75) is 31.4 Å². The lowest BCUT2D eigenvalue weighted by atomic mass is 10.2. The van der Waals surface area contributed by atoms with E-state index in [0.717, 1.165) is 17.8 Å². The van der Waals surface area contributed by atoms with Crippen molar-refractivity contribution in [1.29, 1.82) is 0 Å². The van der Waals surface area contributed by atoms with Gasteiger partial charge in [0.1, 0.15) is 5.82 Å². The van der Waals surface area contributed by atoms with Gasteiger partial charge in [-0.3, -0.25) is 0 Å². The number of imidazole rings is 1. The first-order valence-corrected chi connectivity index (χ1v) is 6.52. The number of benzene rings is 1. The van der Waals surface area contributed by atoms with Crippen LogP contribution in [-0.4, -0.2) is 29.3 Å². The van der Waals surface area contributed by atoms with E-state index < -0.39 is 0 Å². The molecular formula is C14H19N3O. The van der Waals surface area contributed by atoms with Gasteiger partial charge in [-0.2, -0.15) is 0 Å². The maximum absolute atomic E-state index is 5.71. The highest BCUT2D eigenvalue weighted by atomic mass is 16.5. The summed E-state index contributed by atoms with van der Waals surface area (Å²) in [5.41, 5.74) is 8.02. The van der Waals surface area contributed by atoms with Crippen LogP contribution in [0.25, 0.3) is 11.0 Å². The molecule has 1 aromatic carbocycles. The number of methoxy groups -OCH3 is 1. The third kappa shape index (κ3) is 2.02. The smallest absolute Gasteiger partial charge is 0.112 e. The van der Waals surface area contributed by atoms with Crippen molar-refractivity contribution in [2.75, 3.05) is 13.7 Å². The van der Waals surface area contributed by atoms with E-state index >= 15 is 0 Å². The second-order valence-corrected chi connectivity index (χ2v) is 4.92. The fourth-order valence-electron chi connectivity index (χ4n) is 2.45. The lowest BCUT2D eigenvalue weighted by molar-refractivity contribution is 0.107. The van der Waals surface area contributed by atoms with Gasteiger partial charge in [0.15, 0.2) is 0 Å². The summed E-state index contributed by atoms with van der Waals surface area (Å²) in [6.45, 7) is 0.532. The first-order valence-electron chi connectivity index (χ1n) is 6.52.